The van der Waals surface area contributed by atoms with E-state index in [0.29, 0.717) is 5.56 Å². The van der Waals surface area contributed by atoms with Gasteiger partial charge in [0.2, 0.25) is 0 Å². The van der Waals surface area contributed by atoms with Crippen LogP contribution in [0.1, 0.15) is 16.8 Å². The van der Waals surface area contributed by atoms with E-state index in [1.165, 1.54) is 6.42 Å². The van der Waals surface area contributed by atoms with Crippen LogP contribution in [0.15, 0.2) is 42.6 Å². The minimum atomic E-state index is -0.879. The second-order valence-corrected chi connectivity index (χ2v) is 2.82. The van der Waals surface area contributed by atoms with E-state index >= 15 is 0 Å². The Bertz CT molecular complexity index is 300. The molecule has 0 bridgehead atoms. The van der Waals surface area contributed by atoms with Crippen molar-refractivity contribution < 1.29 is 9.90 Å². The first-order valence-corrected chi connectivity index (χ1v) is 4.47. The number of carboxylic acid groups (broad SMARTS) is 1. The Morgan fingerprint density at radius 3 is 2.29 bits per heavy atom. The first-order chi connectivity index (χ1) is 6.80. The summed E-state index contributed by atoms with van der Waals surface area (Å²) in [7, 11) is 0. The zero-order valence-corrected chi connectivity index (χ0v) is 7.81. The second kappa shape index (κ2) is 5.80. The van der Waals surface area contributed by atoms with Crippen molar-refractivity contribution in [3.8, 4) is 0 Å². The van der Waals surface area contributed by atoms with Crippen molar-refractivity contribution in [1.82, 2.24) is 5.32 Å². The highest BCUT2D eigenvalue weighted by Gasteiger charge is 1.96. The molecule has 1 aromatic carbocycles. The van der Waals surface area contributed by atoms with Crippen LogP contribution in [0, 0.1) is 0 Å². The average Bonchev–Trinajstić information content (AvgIpc) is 2.77. The maximum atomic E-state index is 10.2. The molecular formula is C11H13NO2. The van der Waals surface area contributed by atoms with E-state index in [1.54, 1.807) is 30.3 Å². The van der Waals surface area contributed by atoms with Crippen LogP contribution in [0.2, 0.25) is 0 Å². The predicted molar refractivity (Wildman–Crippen MR) is 55.2 cm³/mol. The van der Waals surface area contributed by atoms with E-state index in [0.717, 1.165) is 6.54 Å². The quantitative estimate of drug-likeness (QED) is 0.712. The molecule has 3 heteroatoms. The van der Waals surface area contributed by atoms with Crippen LogP contribution in [0.5, 0.6) is 0 Å². The largest absolute Gasteiger partial charge is 0.478 e. The summed E-state index contributed by atoms with van der Waals surface area (Å²) in [6.45, 7) is 1.14. The van der Waals surface area contributed by atoms with Gasteiger partial charge in [0.15, 0.2) is 0 Å². The normalized spacial score (nSPS) is 12.6. The zero-order valence-electron chi connectivity index (χ0n) is 7.81. The fourth-order valence-electron chi connectivity index (χ4n) is 0.997. The highest BCUT2D eigenvalue weighted by Crippen LogP contribution is 1.96. The molecule has 2 rings (SSSR count). The molecule has 1 heterocycles. The maximum absolute atomic E-state index is 10.2. The molecular weight excluding hydrogens is 178 g/mol. The van der Waals surface area contributed by atoms with Crippen LogP contribution in [-0.4, -0.2) is 17.6 Å². The molecule has 0 radical (unpaired) electrons. The van der Waals surface area contributed by atoms with Crippen LogP contribution in [0.3, 0.4) is 0 Å². The van der Waals surface area contributed by atoms with Gasteiger partial charge in [-0.2, -0.15) is 0 Å². The first-order valence-electron chi connectivity index (χ1n) is 4.47. The fraction of sp³-hybridized carbons (Fsp3) is 0.182. The van der Waals surface area contributed by atoms with Crippen LogP contribution >= 0.6 is 0 Å². The third-order valence-corrected chi connectivity index (χ3v) is 1.71. The van der Waals surface area contributed by atoms with Crippen LogP contribution in [0.25, 0.3) is 0 Å². The van der Waals surface area contributed by atoms with Gasteiger partial charge in [-0.15, -0.1) is 0 Å². The van der Waals surface area contributed by atoms with Crippen molar-refractivity contribution in [3.63, 3.8) is 0 Å². The molecule has 1 aliphatic heterocycles. The highest BCUT2D eigenvalue weighted by atomic mass is 16.4. The van der Waals surface area contributed by atoms with E-state index in [-0.39, 0.29) is 0 Å². The van der Waals surface area contributed by atoms with E-state index in [4.69, 9.17) is 5.11 Å². The Kier molecular flexibility index (Phi) is 4.27. The number of rotatable bonds is 1. The van der Waals surface area contributed by atoms with Crippen molar-refractivity contribution in [3.05, 3.63) is 48.2 Å². The van der Waals surface area contributed by atoms with Gasteiger partial charge in [-0.3, -0.25) is 0 Å². The van der Waals surface area contributed by atoms with E-state index in [2.05, 4.69) is 11.4 Å². The molecule has 0 aromatic heterocycles. The monoisotopic (exact) mass is 191 g/mol. The van der Waals surface area contributed by atoms with Crippen LogP contribution in [0.4, 0.5) is 0 Å². The van der Waals surface area contributed by atoms with Crippen molar-refractivity contribution in [2.24, 2.45) is 0 Å². The lowest BCUT2D eigenvalue weighted by Crippen LogP contribution is -1.96. The summed E-state index contributed by atoms with van der Waals surface area (Å²) < 4.78 is 0. The molecule has 2 N–H and O–H groups in total. The molecule has 0 amide bonds. The molecule has 0 fully saturated rings. The second-order valence-electron chi connectivity index (χ2n) is 2.82. The number of nitrogens with one attached hydrogen (secondary N) is 1. The van der Waals surface area contributed by atoms with Gasteiger partial charge >= 0.3 is 5.97 Å². The molecule has 0 unspecified atom stereocenters. The van der Waals surface area contributed by atoms with Gasteiger partial charge in [-0.1, -0.05) is 24.3 Å². The van der Waals surface area contributed by atoms with Gasteiger partial charge in [0.1, 0.15) is 0 Å². The topological polar surface area (TPSA) is 49.3 Å². The molecule has 0 aliphatic carbocycles. The molecule has 74 valence electrons. The van der Waals surface area contributed by atoms with Crippen molar-refractivity contribution in [2.75, 3.05) is 6.54 Å². The van der Waals surface area contributed by atoms with E-state index in [9.17, 15) is 4.79 Å². The summed E-state index contributed by atoms with van der Waals surface area (Å²) in [5.74, 6) is -0.879. The minimum Gasteiger partial charge on any atom is -0.478 e. The lowest BCUT2D eigenvalue weighted by Gasteiger charge is -1.88. The van der Waals surface area contributed by atoms with Crippen molar-refractivity contribution in [1.29, 1.82) is 0 Å². The minimum absolute atomic E-state index is 0.331. The average molecular weight is 191 g/mol. The summed E-state index contributed by atoms with van der Waals surface area (Å²) in [5, 5.41) is 11.4. The Hall–Kier alpha value is -1.77. The molecule has 0 spiro atoms. The lowest BCUT2D eigenvalue weighted by molar-refractivity contribution is 0.0697. The summed E-state index contributed by atoms with van der Waals surface area (Å²) in [4.78, 5) is 10.2. The van der Waals surface area contributed by atoms with Crippen molar-refractivity contribution in [2.45, 2.75) is 6.42 Å². The number of benzene rings is 1. The Labute approximate surface area is 83.1 Å². The van der Waals surface area contributed by atoms with Gasteiger partial charge in [-0.05, 0) is 24.8 Å². The zero-order chi connectivity index (χ0) is 10.2. The molecule has 14 heavy (non-hydrogen) atoms. The fourth-order valence-corrected chi connectivity index (χ4v) is 0.997. The number of carbonyl (C=O) groups is 1. The summed E-state index contributed by atoms with van der Waals surface area (Å²) in [6, 6.07) is 8.30. The van der Waals surface area contributed by atoms with Crippen LogP contribution in [-0.2, 0) is 0 Å². The summed E-state index contributed by atoms with van der Waals surface area (Å²) >= 11 is 0. The van der Waals surface area contributed by atoms with Crippen molar-refractivity contribution >= 4 is 5.97 Å². The third kappa shape index (κ3) is 3.76. The Morgan fingerprint density at radius 2 is 2.00 bits per heavy atom. The highest BCUT2D eigenvalue weighted by molar-refractivity contribution is 5.87. The summed E-state index contributed by atoms with van der Waals surface area (Å²) in [5.41, 5.74) is 0.331. The standard InChI is InChI=1S/C7H6O2.C4H7N/c8-7(9)6-4-2-1-3-5-6;1-2-4-5-3-1/h1-5H,(H,8,9);1,3,5H,2,4H2. The van der Waals surface area contributed by atoms with Gasteiger partial charge in [-0.25, -0.2) is 4.79 Å². The Morgan fingerprint density at radius 1 is 1.29 bits per heavy atom. The maximum Gasteiger partial charge on any atom is 0.335 e. The van der Waals surface area contributed by atoms with Gasteiger partial charge in [0.05, 0.1) is 5.56 Å². The summed E-state index contributed by atoms with van der Waals surface area (Å²) in [6.07, 6.45) is 5.32. The number of hydrogen-bond acceptors (Lipinski definition) is 2. The SMILES string of the molecule is C1=CNCC1.O=C(O)c1ccccc1. The van der Waals surface area contributed by atoms with E-state index in [1.807, 2.05) is 6.20 Å². The Balaban J connectivity index is 0.000000165. The molecule has 1 aromatic rings. The smallest absolute Gasteiger partial charge is 0.335 e. The number of aromatic carboxylic acids is 1. The lowest BCUT2D eigenvalue weighted by atomic mass is 10.2. The van der Waals surface area contributed by atoms with Crippen LogP contribution < -0.4 is 5.32 Å². The molecule has 3 nitrogen and oxygen atoms in total. The predicted octanol–water partition coefficient (Wildman–Crippen LogP) is 1.88. The van der Waals surface area contributed by atoms with Gasteiger partial charge in [0, 0.05) is 6.54 Å². The van der Waals surface area contributed by atoms with Gasteiger partial charge < -0.3 is 10.4 Å². The third-order valence-electron chi connectivity index (χ3n) is 1.71. The molecule has 0 saturated heterocycles. The molecule has 0 atom stereocenters. The molecule has 0 saturated carbocycles. The number of hydrogen-bond donors (Lipinski definition) is 2. The first kappa shape index (κ1) is 10.3. The van der Waals surface area contributed by atoms with Gasteiger partial charge in [0.25, 0.3) is 0 Å². The molecule has 1 aliphatic rings. The number of carboxylic acids is 1. The van der Waals surface area contributed by atoms with E-state index < -0.39 is 5.97 Å².